The van der Waals surface area contributed by atoms with E-state index in [1.807, 2.05) is 0 Å². The van der Waals surface area contributed by atoms with Crippen LogP contribution in [-0.2, 0) is 11.3 Å². The van der Waals surface area contributed by atoms with E-state index in [0.29, 0.717) is 11.7 Å². The molecule has 0 saturated carbocycles. The summed E-state index contributed by atoms with van der Waals surface area (Å²) in [5, 5.41) is 3.06. The Balaban J connectivity index is 1.35. The monoisotopic (exact) mass is 418 g/mol. The van der Waals surface area contributed by atoms with Gasteiger partial charge in [-0.25, -0.2) is 4.39 Å². The molecule has 3 rings (SSSR count). The number of nitrogens with zero attached hydrogens (tertiary/aromatic N) is 1. The lowest BCUT2D eigenvalue weighted by Crippen LogP contribution is -2.38. The average Bonchev–Trinajstić information content (AvgIpc) is 2.73. The Morgan fingerprint density at radius 2 is 1.86 bits per heavy atom. The van der Waals surface area contributed by atoms with E-state index in [4.69, 9.17) is 0 Å². The summed E-state index contributed by atoms with van der Waals surface area (Å²) in [6.45, 7) is 3.91. The van der Waals surface area contributed by atoms with E-state index in [9.17, 15) is 9.18 Å². The third-order valence-corrected chi connectivity index (χ3v) is 6.92. The maximum atomic E-state index is 12.9. The van der Waals surface area contributed by atoms with Crippen molar-refractivity contribution in [2.75, 3.05) is 31.6 Å². The van der Waals surface area contributed by atoms with Gasteiger partial charge in [0.2, 0.25) is 5.91 Å². The van der Waals surface area contributed by atoms with Crippen LogP contribution in [0.4, 0.5) is 4.39 Å². The van der Waals surface area contributed by atoms with Crippen LogP contribution in [0.1, 0.15) is 18.4 Å². The maximum Gasteiger partial charge on any atom is 0.230 e. The Morgan fingerprint density at radius 3 is 2.57 bits per heavy atom. The maximum absolute atomic E-state index is 12.9. The predicted molar refractivity (Wildman–Crippen MR) is 116 cm³/mol. The summed E-state index contributed by atoms with van der Waals surface area (Å²) in [5.74, 6) is 0.713. The highest BCUT2D eigenvalue weighted by Gasteiger charge is 2.20. The number of amides is 1. The lowest BCUT2D eigenvalue weighted by atomic mass is 9.96. The zero-order chi connectivity index (χ0) is 19.8. The first kappa shape index (κ1) is 21.2. The molecule has 1 aliphatic heterocycles. The van der Waals surface area contributed by atoms with E-state index in [2.05, 4.69) is 40.7 Å². The van der Waals surface area contributed by atoms with Gasteiger partial charge < -0.3 is 5.32 Å². The van der Waals surface area contributed by atoms with Gasteiger partial charge in [0.15, 0.2) is 0 Å². The summed E-state index contributed by atoms with van der Waals surface area (Å²) in [7, 11) is 0. The van der Waals surface area contributed by atoms with E-state index < -0.39 is 0 Å². The largest absolute Gasteiger partial charge is 0.355 e. The smallest absolute Gasteiger partial charge is 0.230 e. The van der Waals surface area contributed by atoms with Gasteiger partial charge in [-0.2, -0.15) is 0 Å². The molecule has 1 N–H and O–H groups in total. The Morgan fingerprint density at radius 1 is 1.14 bits per heavy atom. The second kappa shape index (κ2) is 10.9. The van der Waals surface area contributed by atoms with Crippen molar-refractivity contribution in [2.45, 2.75) is 29.2 Å². The van der Waals surface area contributed by atoms with Gasteiger partial charge in [-0.1, -0.05) is 18.2 Å². The number of hydrogen-bond donors (Lipinski definition) is 1. The van der Waals surface area contributed by atoms with Gasteiger partial charge >= 0.3 is 0 Å². The number of benzene rings is 2. The molecule has 0 spiro atoms. The van der Waals surface area contributed by atoms with Gasteiger partial charge in [0, 0.05) is 22.9 Å². The lowest BCUT2D eigenvalue weighted by molar-refractivity contribution is -0.118. The van der Waals surface area contributed by atoms with Crippen molar-refractivity contribution in [3.8, 4) is 0 Å². The van der Waals surface area contributed by atoms with Crippen molar-refractivity contribution >= 4 is 29.4 Å². The first-order valence-electron chi connectivity index (χ1n) is 9.63. The van der Waals surface area contributed by atoms with Gasteiger partial charge in [0.25, 0.3) is 0 Å². The van der Waals surface area contributed by atoms with E-state index in [0.717, 1.165) is 43.9 Å². The van der Waals surface area contributed by atoms with Gasteiger partial charge in [-0.3, -0.25) is 9.69 Å². The molecule has 2 aromatic rings. The van der Waals surface area contributed by atoms with Crippen LogP contribution >= 0.6 is 23.5 Å². The summed E-state index contributed by atoms with van der Waals surface area (Å²) in [6.07, 6.45) is 4.36. The van der Waals surface area contributed by atoms with Crippen LogP contribution in [0.2, 0.25) is 0 Å². The molecule has 1 fully saturated rings. The van der Waals surface area contributed by atoms with E-state index in [1.54, 1.807) is 23.9 Å². The predicted octanol–water partition coefficient (Wildman–Crippen LogP) is 4.67. The minimum Gasteiger partial charge on any atom is -0.355 e. The minimum atomic E-state index is -0.253. The summed E-state index contributed by atoms with van der Waals surface area (Å²) in [6, 6.07) is 14.9. The van der Waals surface area contributed by atoms with E-state index >= 15 is 0 Å². The second-order valence-electron chi connectivity index (χ2n) is 7.08. The van der Waals surface area contributed by atoms with Crippen LogP contribution in [0, 0.1) is 11.7 Å². The molecular formula is C22H27FN2OS2. The van der Waals surface area contributed by atoms with Gasteiger partial charge in [-0.15, -0.1) is 23.5 Å². The third kappa shape index (κ3) is 6.54. The molecule has 28 heavy (non-hydrogen) atoms. The number of likely N-dealkylation sites (tertiary alicyclic amines) is 1. The van der Waals surface area contributed by atoms with Crippen molar-refractivity contribution in [3.05, 3.63) is 59.9 Å². The summed E-state index contributed by atoms with van der Waals surface area (Å²) < 4.78 is 12.9. The number of thioether (sulfide) groups is 2. The van der Waals surface area contributed by atoms with Crippen molar-refractivity contribution in [2.24, 2.45) is 5.92 Å². The van der Waals surface area contributed by atoms with E-state index in [-0.39, 0.29) is 11.7 Å². The van der Waals surface area contributed by atoms with Crippen molar-refractivity contribution < 1.29 is 9.18 Å². The molecule has 150 valence electrons. The van der Waals surface area contributed by atoms with Gasteiger partial charge in [0.1, 0.15) is 5.82 Å². The molecule has 1 saturated heterocycles. The first-order valence-corrected chi connectivity index (χ1v) is 11.8. The SMILES string of the molecule is CSc1ccccc1CN1CCC(CNC(=O)CSc2ccc(F)cc2)CC1. The van der Waals surface area contributed by atoms with Crippen LogP contribution in [0.5, 0.6) is 0 Å². The van der Waals surface area contributed by atoms with Crippen molar-refractivity contribution in [3.63, 3.8) is 0 Å². The molecule has 1 heterocycles. The van der Waals surface area contributed by atoms with Crippen LogP contribution in [0.25, 0.3) is 0 Å². The van der Waals surface area contributed by atoms with Crippen molar-refractivity contribution in [1.29, 1.82) is 0 Å². The molecule has 0 radical (unpaired) electrons. The molecule has 3 nitrogen and oxygen atoms in total. The fourth-order valence-corrected chi connectivity index (χ4v) is 4.75. The van der Waals surface area contributed by atoms with Crippen LogP contribution in [0.3, 0.4) is 0 Å². The van der Waals surface area contributed by atoms with Crippen LogP contribution in [-0.4, -0.2) is 42.4 Å². The lowest BCUT2D eigenvalue weighted by Gasteiger charge is -2.32. The number of rotatable bonds is 8. The molecule has 2 aromatic carbocycles. The molecule has 0 atom stereocenters. The highest BCUT2D eigenvalue weighted by atomic mass is 32.2. The zero-order valence-corrected chi connectivity index (χ0v) is 17.8. The molecule has 0 aliphatic carbocycles. The standard InChI is InChI=1S/C22H27FN2OS2/c1-27-21-5-3-2-4-18(21)15-25-12-10-17(11-13-25)14-24-22(26)16-28-20-8-6-19(23)7-9-20/h2-9,17H,10-16H2,1H3,(H,24,26). The Hall–Kier alpha value is -1.50. The molecule has 1 amide bonds. The zero-order valence-electron chi connectivity index (χ0n) is 16.2. The van der Waals surface area contributed by atoms with Crippen molar-refractivity contribution in [1.82, 2.24) is 10.2 Å². The quantitative estimate of drug-likeness (QED) is 0.632. The Kier molecular flexibility index (Phi) is 8.25. The summed E-state index contributed by atoms with van der Waals surface area (Å²) >= 11 is 3.24. The highest BCUT2D eigenvalue weighted by molar-refractivity contribution is 8.00. The van der Waals surface area contributed by atoms with E-state index in [1.165, 1.54) is 34.4 Å². The second-order valence-corrected chi connectivity index (χ2v) is 8.97. The van der Waals surface area contributed by atoms with Gasteiger partial charge in [-0.05, 0) is 74.0 Å². The summed E-state index contributed by atoms with van der Waals surface area (Å²) in [5.41, 5.74) is 1.40. The number of piperidine rings is 1. The number of carbonyl (C=O) groups is 1. The molecule has 1 aliphatic rings. The normalized spacial score (nSPS) is 15.5. The number of hydrogen-bond acceptors (Lipinski definition) is 4. The minimum absolute atomic E-state index is 0.0469. The topological polar surface area (TPSA) is 32.3 Å². The number of nitrogens with one attached hydrogen (secondary N) is 1. The molecule has 6 heteroatoms. The molecular weight excluding hydrogens is 391 g/mol. The highest BCUT2D eigenvalue weighted by Crippen LogP contribution is 2.24. The fraction of sp³-hybridized carbons (Fsp3) is 0.409. The molecule has 0 unspecified atom stereocenters. The number of halogens is 1. The first-order chi connectivity index (χ1) is 13.6. The molecule has 0 aromatic heterocycles. The number of carbonyl (C=O) groups excluding carboxylic acids is 1. The molecule has 0 bridgehead atoms. The Labute approximate surface area is 175 Å². The van der Waals surface area contributed by atoms with Crippen LogP contribution < -0.4 is 5.32 Å². The third-order valence-electron chi connectivity index (χ3n) is 5.07. The summed E-state index contributed by atoms with van der Waals surface area (Å²) in [4.78, 5) is 16.9. The van der Waals surface area contributed by atoms with Gasteiger partial charge in [0.05, 0.1) is 5.75 Å². The van der Waals surface area contributed by atoms with Crippen LogP contribution in [0.15, 0.2) is 58.3 Å². The average molecular weight is 419 g/mol. The Bertz CT molecular complexity index is 761. The fourth-order valence-electron chi connectivity index (χ4n) is 3.41.